The molecular formula is C20H25N5O4S. The van der Waals surface area contributed by atoms with Gasteiger partial charge in [0.2, 0.25) is 22.1 Å². The largest absolute Gasteiger partial charge is 0.497 e. The van der Waals surface area contributed by atoms with Gasteiger partial charge in [0.25, 0.3) is 0 Å². The summed E-state index contributed by atoms with van der Waals surface area (Å²) >= 11 is 1.41. The molecule has 30 heavy (non-hydrogen) atoms. The average Bonchev–Trinajstić information content (AvgIpc) is 3.42. The molecule has 2 aliphatic heterocycles. The number of amides is 2. The summed E-state index contributed by atoms with van der Waals surface area (Å²) < 4.78 is 10.5. The van der Waals surface area contributed by atoms with Crippen molar-refractivity contribution in [1.29, 1.82) is 0 Å². The van der Waals surface area contributed by atoms with Gasteiger partial charge in [-0.1, -0.05) is 11.3 Å². The molecule has 1 N–H and O–H groups in total. The van der Waals surface area contributed by atoms with Crippen LogP contribution in [-0.2, 0) is 9.59 Å². The monoisotopic (exact) mass is 431 g/mol. The third-order valence-corrected chi connectivity index (χ3v) is 6.40. The second-order valence-corrected chi connectivity index (χ2v) is 8.33. The Labute approximate surface area is 179 Å². The molecule has 4 rings (SSSR count). The molecule has 2 fully saturated rings. The topological polar surface area (TPSA) is 96.9 Å². The van der Waals surface area contributed by atoms with Crippen molar-refractivity contribution < 1.29 is 19.1 Å². The Morgan fingerprint density at radius 1 is 1.10 bits per heavy atom. The molecule has 1 aromatic heterocycles. The summed E-state index contributed by atoms with van der Waals surface area (Å²) in [4.78, 5) is 28.6. The summed E-state index contributed by atoms with van der Waals surface area (Å²) in [5, 5.41) is 12.9. The van der Waals surface area contributed by atoms with Gasteiger partial charge in [0.05, 0.1) is 20.1 Å². The highest BCUT2D eigenvalue weighted by Crippen LogP contribution is 2.33. The number of carbonyl (C=O) groups excluding carboxylic acids is 2. The van der Waals surface area contributed by atoms with E-state index in [1.165, 1.54) is 11.3 Å². The highest BCUT2D eigenvalue weighted by atomic mass is 32.1. The van der Waals surface area contributed by atoms with Gasteiger partial charge in [0.1, 0.15) is 11.5 Å². The fraction of sp³-hybridized carbons (Fsp3) is 0.500. The molecule has 0 saturated carbocycles. The van der Waals surface area contributed by atoms with Crippen LogP contribution in [0.1, 0.15) is 25.7 Å². The molecule has 9 nitrogen and oxygen atoms in total. The normalized spacial score (nSPS) is 19.1. The number of ether oxygens (including phenoxy) is 2. The van der Waals surface area contributed by atoms with Crippen LogP contribution in [0.3, 0.4) is 0 Å². The third-order valence-electron chi connectivity index (χ3n) is 5.39. The number of nitrogens with zero attached hydrogens (tertiary/aromatic N) is 4. The second-order valence-electron chi connectivity index (χ2n) is 7.39. The fourth-order valence-corrected chi connectivity index (χ4v) is 4.71. The zero-order valence-corrected chi connectivity index (χ0v) is 17.9. The number of benzene rings is 1. The Morgan fingerprint density at radius 2 is 1.83 bits per heavy atom. The lowest BCUT2D eigenvalue weighted by Crippen LogP contribution is -2.40. The molecule has 1 aromatic carbocycles. The summed E-state index contributed by atoms with van der Waals surface area (Å²) in [6.07, 6.45) is 3.11. The summed E-state index contributed by atoms with van der Waals surface area (Å²) in [6.45, 7) is 2.08. The van der Waals surface area contributed by atoms with Gasteiger partial charge in [-0.05, 0) is 19.3 Å². The maximum absolute atomic E-state index is 12.9. The van der Waals surface area contributed by atoms with Gasteiger partial charge in [-0.2, -0.15) is 0 Å². The van der Waals surface area contributed by atoms with Gasteiger partial charge in [0, 0.05) is 49.9 Å². The van der Waals surface area contributed by atoms with E-state index in [0.717, 1.165) is 30.9 Å². The van der Waals surface area contributed by atoms with Crippen LogP contribution in [0.2, 0.25) is 0 Å². The van der Waals surface area contributed by atoms with Crippen molar-refractivity contribution in [3.8, 4) is 11.5 Å². The maximum Gasteiger partial charge on any atom is 0.229 e. The van der Waals surface area contributed by atoms with E-state index in [1.807, 2.05) is 0 Å². The molecule has 1 atom stereocenters. The number of rotatable bonds is 6. The fourth-order valence-electron chi connectivity index (χ4n) is 3.78. The van der Waals surface area contributed by atoms with E-state index in [0.29, 0.717) is 41.8 Å². The summed E-state index contributed by atoms with van der Waals surface area (Å²) in [6, 6.07) is 5.30. The van der Waals surface area contributed by atoms with Crippen molar-refractivity contribution in [2.75, 3.05) is 49.0 Å². The maximum atomic E-state index is 12.9. The van der Waals surface area contributed by atoms with Crippen LogP contribution in [0.5, 0.6) is 11.5 Å². The number of carbonyl (C=O) groups is 2. The van der Waals surface area contributed by atoms with Crippen molar-refractivity contribution in [3.63, 3.8) is 0 Å². The van der Waals surface area contributed by atoms with E-state index in [1.54, 1.807) is 37.3 Å². The van der Waals surface area contributed by atoms with Gasteiger partial charge < -0.3 is 19.7 Å². The van der Waals surface area contributed by atoms with Crippen LogP contribution >= 0.6 is 11.3 Å². The van der Waals surface area contributed by atoms with Crippen LogP contribution in [0, 0.1) is 5.92 Å². The molecular weight excluding hydrogens is 406 g/mol. The number of piperidine rings is 1. The predicted molar refractivity (Wildman–Crippen MR) is 115 cm³/mol. The zero-order valence-electron chi connectivity index (χ0n) is 17.1. The van der Waals surface area contributed by atoms with Crippen LogP contribution in [-0.4, -0.2) is 55.9 Å². The lowest BCUT2D eigenvalue weighted by atomic mass is 9.97. The van der Waals surface area contributed by atoms with Gasteiger partial charge in [0.15, 0.2) is 0 Å². The molecule has 160 valence electrons. The van der Waals surface area contributed by atoms with Gasteiger partial charge in [-0.3, -0.25) is 14.5 Å². The first-order chi connectivity index (χ1) is 14.6. The number of hydrogen-bond donors (Lipinski definition) is 1. The van der Waals surface area contributed by atoms with Crippen molar-refractivity contribution in [2.24, 2.45) is 5.92 Å². The Bertz CT molecular complexity index is 911. The molecule has 3 heterocycles. The smallest absolute Gasteiger partial charge is 0.229 e. The van der Waals surface area contributed by atoms with E-state index < -0.39 is 0 Å². The molecule has 0 bridgehead atoms. The molecule has 2 amide bonds. The first kappa shape index (κ1) is 20.4. The number of hydrogen-bond acceptors (Lipinski definition) is 8. The SMILES string of the molecule is COc1cc(NC(=O)C2CCCN(c3nnc(N4CCCC4=O)s3)C2)cc(OC)c1. The van der Waals surface area contributed by atoms with E-state index >= 15 is 0 Å². The van der Waals surface area contributed by atoms with Crippen LogP contribution in [0.4, 0.5) is 16.0 Å². The zero-order chi connectivity index (χ0) is 21.1. The average molecular weight is 432 g/mol. The molecule has 1 unspecified atom stereocenters. The third kappa shape index (κ3) is 4.33. The minimum absolute atomic E-state index is 0.0468. The minimum Gasteiger partial charge on any atom is -0.497 e. The van der Waals surface area contributed by atoms with Gasteiger partial charge in [-0.25, -0.2) is 0 Å². The number of nitrogens with one attached hydrogen (secondary N) is 1. The molecule has 10 heteroatoms. The minimum atomic E-state index is -0.170. The van der Waals surface area contributed by atoms with E-state index in [9.17, 15) is 9.59 Å². The van der Waals surface area contributed by atoms with Gasteiger partial charge in [-0.15, -0.1) is 10.2 Å². The molecule has 2 aliphatic rings. The number of anilines is 3. The highest BCUT2D eigenvalue weighted by Gasteiger charge is 2.30. The van der Waals surface area contributed by atoms with Crippen molar-refractivity contribution >= 4 is 39.1 Å². The van der Waals surface area contributed by atoms with Crippen LogP contribution in [0.15, 0.2) is 18.2 Å². The summed E-state index contributed by atoms with van der Waals surface area (Å²) in [5.74, 6) is 1.12. The quantitative estimate of drug-likeness (QED) is 0.751. The van der Waals surface area contributed by atoms with Crippen molar-refractivity contribution in [1.82, 2.24) is 10.2 Å². The van der Waals surface area contributed by atoms with Crippen LogP contribution < -0.4 is 24.6 Å². The Hall–Kier alpha value is -2.88. The molecule has 0 radical (unpaired) electrons. The van der Waals surface area contributed by atoms with Gasteiger partial charge >= 0.3 is 0 Å². The van der Waals surface area contributed by atoms with E-state index in [4.69, 9.17) is 9.47 Å². The van der Waals surface area contributed by atoms with Crippen molar-refractivity contribution in [3.05, 3.63) is 18.2 Å². The summed E-state index contributed by atoms with van der Waals surface area (Å²) in [7, 11) is 3.15. The van der Waals surface area contributed by atoms with E-state index in [-0.39, 0.29) is 17.7 Å². The molecule has 2 saturated heterocycles. The predicted octanol–water partition coefficient (Wildman–Crippen LogP) is 2.54. The highest BCUT2D eigenvalue weighted by molar-refractivity contribution is 7.19. The molecule has 0 aliphatic carbocycles. The summed E-state index contributed by atoms with van der Waals surface area (Å²) in [5.41, 5.74) is 0.638. The lowest BCUT2D eigenvalue weighted by molar-refractivity contribution is -0.120. The lowest BCUT2D eigenvalue weighted by Gasteiger charge is -2.31. The second kappa shape index (κ2) is 8.86. The standard InChI is InChI=1S/C20H25N5O4S/c1-28-15-9-14(10-16(11-15)29-2)21-18(27)13-5-3-7-24(12-13)19-22-23-20(30-19)25-8-4-6-17(25)26/h9-11,13H,3-8,12H2,1-2H3,(H,21,27). The Balaban J connectivity index is 1.42. The van der Waals surface area contributed by atoms with E-state index in [2.05, 4.69) is 20.4 Å². The van der Waals surface area contributed by atoms with Crippen LogP contribution in [0.25, 0.3) is 0 Å². The number of aromatic nitrogens is 2. The first-order valence-corrected chi connectivity index (χ1v) is 10.8. The molecule has 0 spiro atoms. The Morgan fingerprint density at radius 3 is 2.50 bits per heavy atom. The number of methoxy groups -OCH3 is 2. The van der Waals surface area contributed by atoms with Crippen molar-refractivity contribution in [2.45, 2.75) is 25.7 Å². The molecule has 2 aromatic rings. The Kier molecular flexibility index (Phi) is 6.03. The first-order valence-electron chi connectivity index (χ1n) is 10.00.